The van der Waals surface area contributed by atoms with Gasteiger partial charge in [0.05, 0.1) is 6.04 Å². The lowest BCUT2D eigenvalue weighted by Crippen LogP contribution is -2.34. The van der Waals surface area contributed by atoms with Gasteiger partial charge in [-0.1, -0.05) is 13.3 Å². The van der Waals surface area contributed by atoms with Crippen molar-refractivity contribution in [3.63, 3.8) is 0 Å². The van der Waals surface area contributed by atoms with E-state index in [1.165, 1.54) is 18.4 Å². The van der Waals surface area contributed by atoms with Crippen molar-refractivity contribution < 1.29 is 4.79 Å². The second-order valence-electron chi connectivity index (χ2n) is 4.73. The summed E-state index contributed by atoms with van der Waals surface area (Å²) in [6.45, 7) is 2.10. The lowest BCUT2D eigenvalue weighted by molar-refractivity contribution is 0.0940. The highest BCUT2D eigenvalue weighted by Gasteiger charge is 2.29. The van der Waals surface area contributed by atoms with Gasteiger partial charge in [-0.3, -0.25) is 9.78 Å². The normalized spacial score (nSPS) is 16.8. The molecule has 0 aromatic carbocycles. The summed E-state index contributed by atoms with van der Waals surface area (Å²) in [5, 5.41) is 3.11. The Labute approximate surface area is 103 Å². The molecule has 3 nitrogen and oxygen atoms in total. The molecule has 1 heterocycles. The average Bonchev–Trinajstić information content (AvgIpc) is 3.19. The number of hydrogen-bond acceptors (Lipinski definition) is 3. The molecule has 1 atom stereocenters. The topological polar surface area (TPSA) is 42.0 Å². The van der Waals surface area contributed by atoms with Gasteiger partial charge in [-0.05, 0) is 43.9 Å². The molecule has 1 saturated carbocycles. The van der Waals surface area contributed by atoms with Crippen LogP contribution >= 0.6 is 0 Å². The SMILES string of the molecule is CCCC(NC)C(=O)c1cnccc1C1CC1. The molecule has 1 unspecified atom stereocenters. The van der Waals surface area contributed by atoms with Gasteiger partial charge in [-0.2, -0.15) is 0 Å². The number of rotatable bonds is 6. The van der Waals surface area contributed by atoms with Crippen LogP contribution in [0, 0.1) is 0 Å². The quantitative estimate of drug-likeness (QED) is 0.766. The van der Waals surface area contributed by atoms with Gasteiger partial charge in [-0.15, -0.1) is 0 Å². The highest BCUT2D eigenvalue weighted by atomic mass is 16.1. The molecule has 0 saturated heterocycles. The molecule has 1 N–H and O–H groups in total. The zero-order valence-electron chi connectivity index (χ0n) is 10.6. The molecule has 2 rings (SSSR count). The van der Waals surface area contributed by atoms with Gasteiger partial charge in [0.1, 0.15) is 0 Å². The largest absolute Gasteiger partial charge is 0.310 e. The summed E-state index contributed by atoms with van der Waals surface area (Å²) in [7, 11) is 1.85. The van der Waals surface area contributed by atoms with Crippen molar-refractivity contribution in [2.75, 3.05) is 7.05 Å². The molecule has 0 aliphatic heterocycles. The number of Topliss-reactive ketones (excluding diaryl/α,β-unsaturated/α-hetero) is 1. The Morgan fingerprint density at radius 3 is 2.94 bits per heavy atom. The third-order valence-electron chi connectivity index (χ3n) is 3.38. The van der Waals surface area contributed by atoms with Crippen molar-refractivity contribution in [3.05, 3.63) is 29.6 Å². The maximum Gasteiger partial charge on any atom is 0.181 e. The van der Waals surface area contributed by atoms with Crippen molar-refractivity contribution in [3.8, 4) is 0 Å². The van der Waals surface area contributed by atoms with Crippen LogP contribution in [0.25, 0.3) is 0 Å². The third-order valence-corrected chi connectivity index (χ3v) is 3.38. The molecule has 92 valence electrons. The maximum absolute atomic E-state index is 12.4. The molecule has 0 amide bonds. The van der Waals surface area contributed by atoms with Gasteiger partial charge in [0.25, 0.3) is 0 Å². The molecule has 1 aliphatic carbocycles. The lowest BCUT2D eigenvalue weighted by atomic mass is 9.96. The van der Waals surface area contributed by atoms with Crippen LogP contribution < -0.4 is 5.32 Å². The van der Waals surface area contributed by atoms with Crippen molar-refractivity contribution in [1.82, 2.24) is 10.3 Å². The third kappa shape index (κ3) is 2.72. The molecule has 1 aromatic rings. The Hall–Kier alpha value is -1.22. The van der Waals surface area contributed by atoms with Crippen LogP contribution in [0.3, 0.4) is 0 Å². The number of aromatic nitrogens is 1. The molecule has 0 bridgehead atoms. The van der Waals surface area contributed by atoms with E-state index in [0.29, 0.717) is 5.92 Å². The Morgan fingerprint density at radius 1 is 1.59 bits per heavy atom. The van der Waals surface area contributed by atoms with Crippen LogP contribution in [0.4, 0.5) is 0 Å². The number of nitrogens with zero attached hydrogens (tertiary/aromatic N) is 1. The van der Waals surface area contributed by atoms with E-state index in [9.17, 15) is 4.79 Å². The minimum atomic E-state index is -0.0679. The van der Waals surface area contributed by atoms with Gasteiger partial charge in [-0.25, -0.2) is 0 Å². The number of ketones is 1. The van der Waals surface area contributed by atoms with Crippen LogP contribution in [-0.4, -0.2) is 23.9 Å². The van der Waals surface area contributed by atoms with Crippen LogP contribution in [0.2, 0.25) is 0 Å². The first-order chi connectivity index (χ1) is 8.27. The first kappa shape index (κ1) is 12.2. The van der Waals surface area contributed by atoms with Crippen LogP contribution in [0.5, 0.6) is 0 Å². The molecular formula is C14H20N2O. The predicted molar refractivity (Wildman–Crippen MR) is 68.3 cm³/mol. The Bertz CT molecular complexity index is 399. The fourth-order valence-electron chi connectivity index (χ4n) is 2.24. The van der Waals surface area contributed by atoms with Crippen molar-refractivity contribution in [2.45, 2.75) is 44.6 Å². The number of likely N-dealkylation sites (N-methyl/N-ethyl adjacent to an activating group) is 1. The van der Waals surface area contributed by atoms with Gasteiger partial charge in [0.2, 0.25) is 0 Å². The fourth-order valence-corrected chi connectivity index (χ4v) is 2.24. The van der Waals surface area contributed by atoms with Gasteiger partial charge in [0.15, 0.2) is 5.78 Å². The first-order valence-corrected chi connectivity index (χ1v) is 6.43. The molecule has 1 fully saturated rings. The molecule has 3 heteroatoms. The summed E-state index contributed by atoms with van der Waals surface area (Å²) in [6, 6.07) is 1.94. The van der Waals surface area contributed by atoms with Crippen LogP contribution in [0.1, 0.15) is 54.4 Å². The molecular weight excluding hydrogens is 212 g/mol. The van der Waals surface area contributed by atoms with Crippen LogP contribution in [0.15, 0.2) is 18.5 Å². The van der Waals surface area contributed by atoms with E-state index in [1.807, 2.05) is 13.1 Å². The maximum atomic E-state index is 12.4. The summed E-state index contributed by atoms with van der Waals surface area (Å²) >= 11 is 0. The van der Waals surface area contributed by atoms with E-state index < -0.39 is 0 Å². The Balaban J connectivity index is 2.23. The second-order valence-corrected chi connectivity index (χ2v) is 4.73. The van der Waals surface area contributed by atoms with E-state index >= 15 is 0 Å². The Morgan fingerprint density at radius 2 is 2.35 bits per heavy atom. The highest BCUT2D eigenvalue weighted by molar-refractivity contribution is 6.01. The highest BCUT2D eigenvalue weighted by Crippen LogP contribution is 2.41. The zero-order chi connectivity index (χ0) is 12.3. The monoisotopic (exact) mass is 232 g/mol. The standard InChI is InChI=1S/C14H20N2O/c1-3-4-13(15-2)14(17)12-9-16-8-7-11(12)10-5-6-10/h7-10,13,15H,3-6H2,1-2H3. The van der Waals surface area contributed by atoms with Crippen molar-refractivity contribution in [1.29, 1.82) is 0 Å². The summed E-state index contributed by atoms with van der Waals surface area (Å²) in [5.41, 5.74) is 2.02. The first-order valence-electron chi connectivity index (χ1n) is 6.43. The van der Waals surface area contributed by atoms with E-state index in [0.717, 1.165) is 18.4 Å². The van der Waals surface area contributed by atoms with Crippen molar-refractivity contribution >= 4 is 5.78 Å². The number of nitrogens with one attached hydrogen (secondary N) is 1. The molecule has 0 radical (unpaired) electrons. The summed E-state index contributed by atoms with van der Waals surface area (Å²) in [5.74, 6) is 0.792. The molecule has 1 aromatic heterocycles. The summed E-state index contributed by atoms with van der Waals surface area (Å²) in [4.78, 5) is 16.5. The van der Waals surface area contributed by atoms with E-state index in [2.05, 4.69) is 17.2 Å². The van der Waals surface area contributed by atoms with Gasteiger partial charge in [0, 0.05) is 18.0 Å². The minimum Gasteiger partial charge on any atom is -0.310 e. The van der Waals surface area contributed by atoms with Gasteiger partial charge >= 0.3 is 0 Å². The number of pyridine rings is 1. The zero-order valence-corrected chi connectivity index (χ0v) is 10.6. The van der Waals surface area contributed by atoms with Gasteiger partial charge < -0.3 is 5.32 Å². The van der Waals surface area contributed by atoms with E-state index in [4.69, 9.17) is 0 Å². The second kappa shape index (κ2) is 5.41. The van der Waals surface area contributed by atoms with Crippen molar-refractivity contribution in [2.24, 2.45) is 0 Å². The van der Waals surface area contributed by atoms with E-state index in [1.54, 1.807) is 12.4 Å². The minimum absolute atomic E-state index is 0.0679. The molecule has 0 spiro atoms. The molecule has 17 heavy (non-hydrogen) atoms. The Kier molecular flexibility index (Phi) is 3.89. The summed E-state index contributed by atoms with van der Waals surface area (Å²) in [6.07, 6.45) is 7.84. The smallest absolute Gasteiger partial charge is 0.181 e. The summed E-state index contributed by atoms with van der Waals surface area (Å²) < 4.78 is 0. The molecule has 1 aliphatic rings. The number of carbonyl (C=O) groups is 1. The van der Waals surface area contributed by atoms with Crippen LogP contribution in [-0.2, 0) is 0 Å². The van der Waals surface area contributed by atoms with E-state index in [-0.39, 0.29) is 11.8 Å². The number of carbonyl (C=O) groups excluding carboxylic acids is 1. The average molecular weight is 232 g/mol. The fraction of sp³-hybridized carbons (Fsp3) is 0.571. The predicted octanol–water partition coefficient (Wildman–Crippen LogP) is 2.53. The lowest BCUT2D eigenvalue weighted by Gasteiger charge is -2.15. The number of hydrogen-bond donors (Lipinski definition) is 1.